The number of carbonyl (C=O) groups excluding carboxylic acids is 2. The lowest BCUT2D eigenvalue weighted by molar-refractivity contribution is -0.134. The molecule has 2 fully saturated rings. The minimum Gasteiger partial charge on any atom is -0.369 e. The molecule has 2 heterocycles. The number of rotatable bonds is 6. The van der Waals surface area contributed by atoms with Gasteiger partial charge in [-0.15, -0.1) is 0 Å². The number of aryl methyl sites for hydroxylation is 1. The van der Waals surface area contributed by atoms with Crippen LogP contribution in [0.15, 0.2) is 48.5 Å². The van der Waals surface area contributed by atoms with E-state index in [1.54, 1.807) is 6.92 Å². The maximum absolute atomic E-state index is 12.9. The Labute approximate surface area is 191 Å². The fraction of sp³-hybridized carbons (Fsp3) is 0.462. The third-order valence-electron chi connectivity index (χ3n) is 6.75. The molecule has 6 heteroatoms. The minimum atomic E-state index is 0.0934. The summed E-state index contributed by atoms with van der Waals surface area (Å²) in [5.41, 5.74) is 4.60. The van der Waals surface area contributed by atoms with E-state index in [1.807, 2.05) is 29.2 Å². The van der Waals surface area contributed by atoms with Crippen LogP contribution in [0.4, 0.5) is 5.69 Å². The summed E-state index contributed by atoms with van der Waals surface area (Å²) < 4.78 is 0. The molecule has 6 nitrogen and oxygen atoms in total. The smallest absolute Gasteiger partial charge is 0.236 e. The molecule has 4 rings (SSSR count). The average molecular weight is 435 g/mol. The van der Waals surface area contributed by atoms with E-state index in [4.69, 9.17) is 0 Å². The number of carbonyl (C=O) groups is 2. The van der Waals surface area contributed by atoms with Crippen LogP contribution in [-0.4, -0.2) is 85.3 Å². The molecule has 2 aliphatic heterocycles. The summed E-state index contributed by atoms with van der Waals surface area (Å²) in [6, 6.07) is 16.4. The van der Waals surface area contributed by atoms with Crippen molar-refractivity contribution in [3.05, 3.63) is 65.2 Å². The van der Waals surface area contributed by atoms with Gasteiger partial charge in [-0.25, -0.2) is 0 Å². The summed E-state index contributed by atoms with van der Waals surface area (Å²) in [5.74, 6) is 0.343. The van der Waals surface area contributed by atoms with Gasteiger partial charge in [0.2, 0.25) is 5.91 Å². The van der Waals surface area contributed by atoms with Gasteiger partial charge in [0.05, 0.1) is 6.54 Å². The maximum Gasteiger partial charge on any atom is 0.236 e. The number of nitrogens with zero attached hydrogens (tertiary/aromatic N) is 4. The van der Waals surface area contributed by atoms with Crippen molar-refractivity contribution in [2.75, 3.05) is 63.8 Å². The minimum absolute atomic E-state index is 0.0934. The lowest BCUT2D eigenvalue weighted by Gasteiger charge is -2.38. The first kappa shape index (κ1) is 22.5. The summed E-state index contributed by atoms with van der Waals surface area (Å²) in [6.07, 6.45) is 0. The molecule has 0 bridgehead atoms. The van der Waals surface area contributed by atoms with E-state index >= 15 is 0 Å². The first-order chi connectivity index (χ1) is 15.5. The number of piperazine rings is 2. The van der Waals surface area contributed by atoms with Crippen LogP contribution >= 0.6 is 0 Å². The Hall–Kier alpha value is -2.70. The highest BCUT2D eigenvalue weighted by Gasteiger charge is 2.25. The third-order valence-corrected chi connectivity index (χ3v) is 6.75. The number of ketones is 1. The Balaban J connectivity index is 1.20. The Morgan fingerprint density at radius 2 is 1.41 bits per heavy atom. The second-order valence-corrected chi connectivity index (χ2v) is 8.95. The second kappa shape index (κ2) is 10.3. The van der Waals surface area contributed by atoms with E-state index in [1.165, 1.54) is 11.1 Å². The Bertz CT molecular complexity index is 927. The zero-order valence-corrected chi connectivity index (χ0v) is 19.3. The molecule has 2 aliphatic rings. The molecule has 170 valence electrons. The number of anilines is 1. The van der Waals surface area contributed by atoms with E-state index in [0.29, 0.717) is 6.54 Å². The van der Waals surface area contributed by atoms with Gasteiger partial charge in [0, 0.05) is 70.2 Å². The predicted octanol–water partition coefficient (Wildman–Crippen LogP) is 2.66. The SMILES string of the molecule is CC(=O)c1ccc(N2CCN(CC(=O)N3CCN(Cc4ccccc4C)CC3)CC2)cc1. The first-order valence-electron chi connectivity index (χ1n) is 11.6. The van der Waals surface area contributed by atoms with Gasteiger partial charge in [0.1, 0.15) is 0 Å². The molecule has 2 aromatic carbocycles. The Morgan fingerprint density at radius 1 is 0.781 bits per heavy atom. The van der Waals surface area contributed by atoms with Crippen molar-refractivity contribution in [2.24, 2.45) is 0 Å². The van der Waals surface area contributed by atoms with E-state index in [0.717, 1.165) is 70.2 Å². The summed E-state index contributed by atoms with van der Waals surface area (Å²) in [7, 11) is 0. The van der Waals surface area contributed by atoms with Gasteiger partial charge in [0.15, 0.2) is 5.78 Å². The van der Waals surface area contributed by atoms with Crippen molar-refractivity contribution in [3.8, 4) is 0 Å². The topological polar surface area (TPSA) is 47.1 Å². The molecule has 2 aromatic rings. The molecule has 0 aliphatic carbocycles. The summed E-state index contributed by atoms with van der Waals surface area (Å²) in [6.45, 7) is 12.3. The normalized spacial score (nSPS) is 18.1. The highest BCUT2D eigenvalue weighted by Crippen LogP contribution is 2.18. The summed E-state index contributed by atoms with van der Waals surface area (Å²) >= 11 is 0. The molecule has 0 atom stereocenters. The molecule has 32 heavy (non-hydrogen) atoms. The van der Waals surface area contributed by atoms with E-state index in [-0.39, 0.29) is 11.7 Å². The maximum atomic E-state index is 12.9. The molecular formula is C26H34N4O2. The van der Waals surface area contributed by atoms with Crippen LogP contribution in [0.25, 0.3) is 0 Å². The summed E-state index contributed by atoms with van der Waals surface area (Å²) in [5, 5.41) is 0. The molecule has 0 saturated carbocycles. The number of amides is 1. The van der Waals surface area contributed by atoms with Crippen LogP contribution in [0.2, 0.25) is 0 Å². The molecule has 0 spiro atoms. The van der Waals surface area contributed by atoms with Crippen molar-refractivity contribution in [1.29, 1.82) is 0 Å². The van der Waals surface area contributed by atoms with Gasteiger partial charge in [-0.1, -0.05) is 24.3 Å². The van der Waals surface area contributed by atoms with Gasteiger partial charge in [0.25, 0.3) is 0 Å². The van der Waals surface area contributed by atoms with Crippen LogP contribution in [0.5, 0.6) is 0 Å². The highest BCUT2D eigenvalue weighted by molar-refractivity contribution is 5.94. The van der Waals surface area contributed by atoms with Crippen molar-refractivity contribution in [1.82, 2.24) is 14.7 Å². The Kier molecular flexibility index (Phi) is 7.22. The first-order valence-corrected chi connectivity index (χ1v) is 11.6. The predicted molar refractivity (Wildman–Crippen MR) is 128 cm³/mol. The van der Waals surface area contributed by atoms with Gasteiger partial charge in [-0.05, 0) is 49.2 Å². The second-order valence-electron chi connectivity index (χ2n) is 8.95. The van der Waals surface area contributed by atoms with Gasteiger partial charge >= 0.3 is 0 Å². The number of hydrogen-bond donors (Lipinski definition) is 0. The fourth-order valence-electron chi connectivity index (χ4n) is 4.55. The van der Waals surface area contributed by atoms with Gasteiger partial charge in [-0.3, -0.25) is 19.4 Å². The average Bonchev–Trinajstić information content (AvgIpc) is 2.81. The lowest BCUT2D eigenvalue weighted by atomic mass is 10.1. The fourth-order valence-corrected chi connectivity index (χ4v) is 4.55. The Morgan fingerprint density at radius 3 is 2.03 bits per heavy atom. The van der Waals surface area contributed by atoms with Crippen molar-refractivity contribution in [3.63, 3.8) is 0 Å². The van der Waals surface area contributed by atoms with Crippen LogP contribution in [0.1, 0.15) is 28.4 Å². The zero-order chi connectivity index (χ0) is 22.5. The number of hydrogen-bond acceptors (Lipinski definition) is 5. The molecule has 0 unspecified atom stereocenters. The van der Waals surface area contributed by atoms with Crippen LogP contribution in [0.3, 0.4) is 0 Å². The molecule has 2 saturated heterocycles. The van der Waals surface area contributed by atoms with Crippen LogP contribution in [0, 0.1) is 6.92 Å². The lowest BCUT2D eigenvalue weighted by Crippen LogP contribution is -2.53. The van der Waals surface area contributed by atoms with Crippen LogP contribution in [-0.2, 0) is 11.3 Å². The number of Topliss-reactive ketones (excluding diaryl/α,β-unsaturated/α-hetero) is 1. The monoisotopic (exact) mass is 434 g/mol. The molecule has 0 N–H and O–H groups in total. The zero-order valence-electron chi connectivity index (χ0n) is 19.3. The van der Waals surface area contributed by atoms with E-state index in [9.17, 15) is 9.59 Å². The quantitative estimate of drug-likeness (QED) is 0.655. The van der Waals surface area contributed by atoms with E-state index in [2.05, 4.69) is 45.9 Å². The largest absolute Gasteiger partial charge is 0.369 e. The molecule has 0 radical (unpaired) electrons. The van der Waals surface area contributed by atoms with Crippen molar-refractivity contribution in [2.45, 2.75) is 20.4 Å². The highest BCUT2D eigenvalue weighted by atomic mass is 16.2. The molecule has 1 amide bonds. The number of benzene rings is 2. The summed E-state index contributed by atoms with van der Waals surface area (Å²) in [4.78, 5) is 33.4. The van der Waals surface area contributed by atoms with Gasteiger partial charge in [-0.2, -0.15) is 0 Å². The van der Waals surface area contributed by atoms with E-state index < -0.39 is 0 Å². The van der Waals surface area contributed by atoms with Gasteiger partial charge < -0.3 is 9.80 Å². The molecular weight excluding hydrogens is 400 g/mol. The standard InChI is InChI=1S/C26H34N4O2/c1-21-5-3-4-6-24(21)19-27-13-17-30(18-14-27)26(32)20-28-11-15-29(16-12-28)25-9-7-23(8-10-25)22(2)31/h3-10H,11-20H2,1-2H3. The third kappa shape index (κ3) is 5.56. The van der Waals surface area contributed by atoms with Crippen LogP contribution < -0.4 is 4.90 Å². The van der Waals surface area contributed by atoms with Crippen molar-refractivity contribution < 1.29 is 9.59 Å². The van der Waals surface area contributed by atoms with Crippen molar-refractivity contribution >= 4 is 17.4 Å². The molecule has 0 aromatic heterocycles.